The predicted molar refractivity (Wildman–Crippen MR) is 39.6 cm³/mol. The Labute approximate surface area is 69.7 Å². The molecule has 5 heteroatoms. The van der Waals surface area contributed by atoms with Crippen molar-refractivity contribution in [2.45, 2.75) is 25.5 Å². The third-order valence-electron chi connectivity index (χ3n) is 1.75. The number of esters is 1. The van der Waals surface area contributed by atoms with Gasteiger partial charge in [0.15, 0.2) is 0 Å². The van der Waals surface area contributed by atoms with E-state index in [0.717, 1.165) is 0 Å². The highest BCUT2D eigenvalue weighted by Gasteiger charge is 2.34. The van der Waals surface area contributed by atoms with E-state index in [0.29, 0.717) is 13.0 Å². The molecular weight excluding hydrogens is 162 g/mol. The lowest BCUT2D eigenvalue weighted by Crippen LogP contribution is -2.40. The van der Waals surface area contributed by atoms with Crippen molar-refractivity contribution in [3.8, 4) is 0 Å². The van der Waals surface area contributed by atoms with Crippen LogP contribution < -0.4 is 5.32 Å². The van der Waals surface area contributed by atoms with Gasteiger partial charge < -0.3 is 15.2 Å². The molecule has 1 heterocycles. The van der Waals surface area contributed by atoms with E-state index in [9.17, 15) is 9.59 Å². The summed E-state index contributed by atoms with van der Waals surface area (Å²) < 4.78 is 4.80. The molecule has 0 bridgehead atoms. The average molecular weight is 173 g/mol. The maximum absolute atomic E-state index is 10.5. The molecule has 0 aromatic rings. The van der Waals surface area contributed by atoms with Gasteiger partial charge in [0, 0.05) is 6.92 Å². The van der Waals surface area contributed by atoms with Crippen LogP contribution in [0.5, 0.6) is 0 Å². The number of carboxylic acid groups (broad SMARTS) is 1. The average Bonchev–Trinajstić information content (AvgIpc) is 2.33. The summed E-state index contributed by atoms with van der Waals surface area (Å²) in [6, 6.07) is -0.742. The number of rotatable bonds is 2. The molecule has 1 fully saturated rings. The van der Waals surface area contributed by atoms with Gasteiger partial charge in [-0.2, -0.15) is 0 Å². The zero-order valence-corrected chi connectivity index (χ0v) is 6.74. The summed E-state index contributed by atoms with van der Waals surface area (Å²) in [7, 11) is 0. The van der Waals surface area contributed by atoms with Gasteiger partial charge in [0.1, 0.15) is 12.1 Å². The van der Waals surface area contributed by atoms with Gasteiger partial charge in [0.25, 0.3) is 0 Å². The minimum Gasteiger partial charge on any atom is -0.480 e. The number of carbonyl (C=O) groups is 2. The molecule has 0 aromatic carbocycles. The molecule has 0 saturated carbocycles. The second-order valence-corrected chi connectivity index (χ2v) is 2.71. The van der Waals surface area contributed by atoms with Crippen LogP contribution in [0.3, 0.4) is 0 Å². The molecule has 0 radical (unpaired) electrons. The molecule has 2 N–H and O–H groups in total. The Morgan fingerprint density at radius 3 is 2.75 bits per heavy atom. The summed E-state index contributed by atoms with van der Waals surface area (Å²) >= 11 is 0. The molecule has 1 aliphatic heterocycles. The van der Waals surface area contributed by atoms with E-state index in [4.69, 9.17) is 9.84 Å². The Hall–Kier alpha value is -1.10. The van der Waals surface area contributed by atoms with Crippen LogP contribution >= 0.6 is 0 Å². The highest BCUT2D eigenvalue weighted by molar-refractivity contribution is 5.75. The second-order valence-electron chi connectivity index (χ2n) is 2.71. The summed E-state index contributed by atoms with van der Waals surface area (Å²) in [4.78, 5) is 21.1. The molecule has 0 unspecified atom stereocenters. The van der Waals surface area contributed by atoms with Gasteiger partial charge in [-0.25, -0.2) is 0 Å². The molecule has 12 heavy (non-hydrogen) atoms. The molecule has 2 atom stereocenters. The smallest absolute Gasteiger partial charge is 0.324 e. The van der Waals surface area contributed by atoms with Crippen molar-refractivity contribution in [3.63, 3.8) is 0 Å². The van der Waals surface area contributed by atoms with Gasteiger partial charge in [-0.05, 0) is 13.0 Å². The van der Waals surface area contributed by atoms with E-state index in [2.05, 4.69) is 5.32 Å². The summed E-state index contributed by atoms with van der Waals surface area (Å²) in [5, 5.41) is 11.4. The second kappa shape index (κ2) is 3.53. The summed E-state index contributed by atoms with van der Waals surface area (Å²) in [5.74, 6) is -1.41. The minimum absolute atomic E-state index is 0.435. The maximum atomic E-state index is 10.5. The monoisotopic (exact) mass is 173 g/mol. The van der Waals surface area contributed by atoms with E-state index in [-0.39, 0.29) is 0 Å². The van der Waals surface area contributed by atoms with E-state index in [1.165, 1.54) is 6.92 Å². The van der Waals surface area contributed by atoms with Gasteiger partial charge in [0.05, 0.1) is 0 Å². The topological polar surface area (TPSA) is 75.6 Å². The Kier molecular flexibility index (Phi) is 2.65. The Morgan fingerprint density at radius 1 is 1.58 bits per heavy atom. The third-order valence-corrected chi connectivity index (χ3v) is 1.75. The van der Waals surface area contributed by atoms with Crippen LogP contribution in [-0.2, 0) is 14.3 Å². The summed E-state index contributed by atoms with van der Waals surface area (Å²) in [6.45, 7) is 1.85. The molecule has 1 aliphatic rings. The SMILES string of the molecule is CC(=O)O[C@H]1CCN[C@H]1C(=O)O. The number of hydrogen-bond donors (Lipinski definition) is 2. The minimum atomic E-state index is -0.973. The van der Waals surface area contributed by atoms with Gasteiger partial charge in [-0.15, -0.1) is 0 Å². The van der Waals surface area contributed by atoms with Crippen molar-refractivity contribution >= 4 is 11.9 Å². The predicted octanol–water partition coefficient (Wildman–Crippen LogP) is -0.635. The van der Waals surface area contributed by atoms with Crippen LogP contribution in [0.4, 0.5) is 0 Å². The van der Waals surface area contributed by atoms with Crippen LogP contribution in [0.1, 0.15) is 13.3 Å². The van der Waals surface area contributed by atoms with Crippen LogP contribution in [-0.4, -0.2) is 35.7 Å². The normalized spacial score (nSPS) is 28.4. The zero-order chi connectivity index (χ0) is 9.14. The largest absolute Gasteiger partial charge is 0.480 e. The number of carboxylic acids is 1. The third kappa shape index (κ3) is 1.94. The molecule has 0 aromatic heterocycles. The lowest BCUT2D eigenvalue weighted by molar-refractivity contribution is -0.151. The lowest BCUT2D eigenvalue weighted by atomic mass is 10.2. The van der Waals surface area contributed by atoms with Crippen LogP contribution in [0.2, 0.25) is 0 Å². The van der Waals surface area contributed by atoms with Crippen LogP contribution in [0.15, 0.2) is 0 Å². The van der Waals surface area contributed by atoms with Crippen molar-refractivity contribution in [1.29, 1.82) is 0 Å². The Balaban J connectivity index is 2.52. The highest BCUT2D eigenvalue weighted by Crippen LogP contribution is 2.11. The molecule has 0 aliphatic carbocycles. The van der Waals surface area contributed by atoms with E-state index in [1.54, 1.807) is 0 Å². The number of ether oxygens (including phenoxy) is 1. The molecule has 0 spiro atoms. The fraction of sp³-hybridized carbons (Fsp3) is 0.714. The molecule has 0 amide bonds. The maximum Gasteiger partial charge on any atom is 0.324 e. The zero-order valence-electron chi connectivity index (χ0n) is 6.74. The Bertz CT molecular complexity index is 204. The fourth-order valence-corrected chi connectivity index (χ4v) is 1.27. The number of carbonyl (C=O) groups excluding carboxylic acids is 1. The van der Waals surface area contributed by atoms with E-state index >= 15 is 0 Å². The first-order valence-electron chi connectivity index (χ1n) is 3.74. The van der Waals surface area contributed by atoms with Crippen molar-refractivity contribution in [1.82, 2.24) is 5.32 Å². The standard InChI is InChI=1S/C7H11NO4/c1-4(9)12-5-2-3-8-6(5)7(10)11/h5-6,8H,2-3H2,1H3,(H,10,11)/t5-,6+/m0/s1. The molecule has 1 saturated heterocycles. The van der Waals surface area contributed by atoms with Crippen LogP contribution in [0.25, 0.3) is 0 Å². The van der Waals surface area contributed by atoms with Crippen molar-refractivity contribution in [3.05, 3.63) is 0 Å². The number of aliphatic carboxylic acids is 1. The number of nitrogens with one attached hydrogen (secondary N) is 1. The molecule has 5 nitrogen and oxygen atoms in total. The van der Waals surface area contributed by atoms with E-state index in [1.807, 2.05) is 0 Å². The summed E-state index contributed by atoms with van der Waals surface area (Å²) in [5.41, 5.74) is 0. The van der Waals surface area contributed by atoms with Gasteiger partial charge >= 0.3 is 11.9 Å². The van der Waals surface area contributed by atoms with Crippen LogP contribution in [0, 0.1) is 0 Å². The quantitative estimate of drug-likeness (QED) is 0.543. The fourth-order valence-electron chi connectivity index (χ4n) is 1.27. The first-order chi connectivity index (χ1) is 5.61. The molecule has 68 valence electrons. The van der Waals surface area contributed by atoms with Gasteiger partial charge in [-0.3, -0.25) is 9.59 Å². The molecule has 1 rings (SSSR count). The van der Waals surface area contributed by atoms with Crippen molar-refractivity contribution in [2.75, 3.05) is 6.54 Å². The van der Waals surface area contributed by atoms with Gasteiger partial charge in [0.2, 0.25) is 0 Å². The Morgan fingerprint density at radius 2 is 2.25 bits per heavy atom. The van der Waals surface area contributed by atoms with Gasteiger partial charge in [-0.1, -0.05) is 0 Å². The summed E-state index contributed by atoms with van der Waals surface area (Å²) in [6.07, 6.45) is 0.0521. The molecular formula is C7H11NO4. The van der Waals surface area contributed by atoms with Crippen molar-refractivity contribution < 1.29 is 19.4 Å². The highest BCUT2D eigenvalue weighted by atomic mass is 16.5. The first kappa shape index (κ1) is 8.99. The van der Waals surface area contributed by atoms with E-state index < -0.39 is 24.1 Å². The lowest BCUT2D eigenvalue weighted by Gasteiger charge is -2.14. The number of hydrogen-bond acceptors (Lipinski definition) is 4. The first-order valence-corrected chi connectivity index (χ1v) is 3.74. The van der Waals surface area contributed by atoms with Crippen molar-refractivity contribution in [2.24, 2.45) is 0 Å².